The smallest absolute Gasteiger partial charge is 0.254 e. The lowest BCUT2D eigenvalue weighted by Crippen LogP contribution is -2.30. The zero-order valence-corrected chi connectivity index (χ0v) is 20.7. The van der Waals surface area contributed by atoms with Crippen LogP contribution in [-0.4, -0.2) is 47.7 Å². The van der Waals surface area contributed by atoms with Gasteiger partial charge in [-0.15, -0.1) is 0 Å². The fourth-order valence-electron chi connectivity index (χ4n) is 4.42. The van der Waals surface area contributed by atoms with Crippen LogP contribution in [0.15, 0.2) is 34.7 Å². The molecule has 1 aliphatic rings. The first-order valence-electron chi connectivity index (χ1n) is 11.6. The maximum absolute atomic E-state index is 13.4. The Morgan fingerprint density at radius 3 is 2.57 bits per heavy atom. The molecular weight excluding hydrogens is 446 g/mol. The highest BCUT2D eigenvalue weighted by molar-refractivity contribution is 6.08. The van der Waals surface area contributed by atoms with Crippen LogP contribution >= 0.6 is 0 Å². The van der Waals surface area contributed by atoms with Crippen LogP contribution in [0.2, 0.25) is 0 Å². The Morgan fingerprint density at radius 1 is 1.20 bits per heavy atom. The molecule has 8 heteroatoms. The second-order valence-corrected chi connectivity index (χ2v) is 9.71. The van der Waals surface area contributed by atoms with Gasteiger partial charge in [0.25, 0.3) is 5.91 Å². The number of Topliss-reactive ketones (excluding diaryl/α,β-unsaturated/α-hetero) is 1. The van der Waals surface area contributed by atoms with Crippen LogP contribution in [-0.2, 0) is 18.6 Å². The fraction of sp³-hybridized carbons (Fsp3) is 0.370. The number of hydrogen-bond donors (Lipinski definition) is 3. The maximum atomic E-state index is 13.4. The van der Waals surface area contributed by atoms with Crippen molar-refractivity contribution in [2.75, 3.05) is 20.2 Å². The Kier molecular flexibility index (Phi) is 6.42. The SMILES string of the molecule is CCOc1cc2c(cc1C(=O)NC)C(=N)N(CC(=O)c1cc(C(C)(C)C)c3oc(CO)cc3c1)C2. The van der Waals surface area contributed by atoms with E-state index in [1.807, 2.05) is 33.8 Å². The van der Waals surface area contributed by atoms with Crippen molar-refractivity contribution in [1.82, 2.24) is 10.2 Å². The van der Waals surface area contributed by atoms with Crippen LogP contribution < -0.4 is 10.1 Å². The van der Waals surface area contributed by atoms with Crippen LogP contribution in [0.5, 0.6) is 5.75 Å². The third-order valence-corrected chi connectivity index (χ3v) is 6.20. The van der Waals surface area contributed by atoms with E-state index in [1.165, 1.54) is 0 Å². The van der Waals surface area contributed by atoms with Crippen LogP contribution in [0.1, 0.15) is 70.9 Å². The van der Waals surface area contributed by atoms with Gasteiger partial charge in [0, 0.05) is 35.7 Å². The number of carbonyl (C=O) groups excluding carboxylic acids is 2. The van der Waals surface area contributed by atoms with Crippen molar-refractivity contribution in [3.63, 3.8) is 0 Å². The third-order valence-electron chi connectivity index (χ3n) is 6.20. The standard InChI is InChI=1S/C27H31N3O5/c1-6-34-23-10-17-12-30(25(28)19(17)11-20(23)26(33)29-5)13-22(32)15-7-16-8-18(14-31)35-24(16)21(9-15)27(2,3)4/h7-11,28,31H,6,12-14H2,1-5H3,(H,29,33). The highest BCUT2D eigenvalue weighted by Gasteiger charge is 2.30. The molecule has 0 fully saturated rings. The Labute approximate surface area is 204 Å². The largest absolute Gasteiger partial charge is 0.493 e. The second kappa shape index (κ2) is 9.19. The van der Waals surface area contributed by atoms with E-state index in [0.717, 1.165) is 16.5 Å². The number of amidine groups is 1. The summed E-state index contributed by atoms with van der Waals surface area (Å²) in [7, 11) is 1.55. The topological polar surface area (TPSA) is 116 Å². The van der Waals surface area contributed by atoms with E-state index in [1.54, 1.807) is 36.2 Å². The minimum atomic E-state index is -0.288. The predicted octanol–water partition coefficient (Wildman–Crippen LogP) is 4.00. The van der Waals surface area contributed by atoms with Gasteiger partial charge in [-0.25, -0.2) is 0 Å². The summed E-state index contributed by atoms with van der Waals surface area (Å²) < 4.78 is 11.5. The van der Waals surface area contributed by atoms with E-state index in [-0.39, 0.29) is 36.1 Å². The number of carbonyl (C=O) groups is 2. The lowest BCUT2D eigenvalue weighted by atomic mass is 9.84. The number of aliphatic hydroxyl groups is 1. The Balaban J connectivity index is 1.65. The van der Waals surface area contributed by atoms with Crippen molar-refractivity contribution >= 4 is 28.5 Å². The van der Waals surface area contributed by atoms with Crippen LogP contribution in [0, 0.1) is 5.41 Å². The minimum Gasteiger partial charge on any atom is -0.493 e. The molecule has 1 aliphatic heterocycles. The Hall–Kier alpha value is -3.65. The Morgan fingerprint density at radius 2 is 1.94 bits per heavy atom. The molecule has 0 unspecified atom stereocenters. The highest BCUT2D eigenvalue weighted by atomic mass is 16.5. The third kappa shape index (κ3) is 4.53. The van der Waals surface area contributed by atoms with Gasteiger partial charge in [0.2, 0.25) is 0 Å². The molecule has 0 spiro atoms. The number of fused-ring (bicyclic) bond motifs is 2. The van der Waals surface area contributed by atoms with E-state index in [2.05, 4.69) is 5.32 Å². The normalized spacial score (nSPS) is 13.3. The summed E-state index contributed by atoms with van der Waals surface area (Å²) in [5, 5.41) is 21.6. The number of amides is 1. The minimum absolute atomic E-state index is 0.0204. The van der Waals surface area contributed by atoms with Crippen molar-refractivity contribution in [3.8, 4) is 5.75 Å². The molecule has 0 atom stereocenters. The molecule has 184 valence electrons. The van der Waals surface area contributed by atoms with E-state index in [0.29, 0.717) is 46.9 Å². The summed E-state index contributed by atoms with van der Waals surface area (Å²) in [6.07, 6.45) is 0. The molecule has 2 aromatic carbocycles. The first-order chi connectivity index (χ1) is 16.6. The van der Waals surface area contributed by atoms with E-state index < -0.39 is 0 Å². The molecular formula is C27H31N3O5. The monoisotopic (exact) mass is 477 g/mol. The highest BCUT2D eigenvalue weighted by Crippen LogP contribution is 2.34. The number of hydrogen-bond acceptors (Lipinski definition) is 6. The molecule has 3 aromatic rings. The molecule has 35 heavy (non-hydrogen) atoms. The van der Waals surface area contributed by atoms with Gasteiger partial charge in [-0.2, -0.15) is 0 Å². The molecule has 1 amide bonds. The van der Waals surface area contributed by atoms with Crippen LogP contribution in [0.3, 0.4) is 0 Å². The van der Waals surface area contributed by atoms with Gasteiger partial charge in [0.05, 0.1) is 18.7 Å². The summed E-state index contributed by atoms with van der Waals surface area (Å²) >= 11 is 0. The van der Waals surface area contributed by atoms with Crippen molar-refractivity contribution in [2.45, 2.75) is 46.3 Å². The Bertz CT molecular complexity index is 1330. The summed E-state index contributed by atoms with van der Waals surface area (Å²) in [6, 6.07) is 8.83. The number of nitrogens with one attached hydrogen (secondary N) is 2. The lowest BCUT2D eigenvalue weighted by Gasteiger charge is -2.21. The summed E-state index contributed by atoms with van der Waals surface area (Å²) in [6.45, 7) is 8.58. The van der Waals surface area contributed by atoms with Gasteiger partial charge < -0.3 is 24.5 Å². The molecule has 0 saturated heterocycles. The molecule has 0 radical (unpaired) electrons. The average Bonchev–Trinajstić information content (AvgIpc) is 3.37. The summed E-state index contributed by atoms with van der Waals surface area (Å²) in [4.78, 5) is 27.4. The van der Waals surface area contributed by atoms with Gasteiger partial charge in [0.15, 0.2) is 5.78 Å². The summed E-state index contributed by atoms with van der Waals surface area (Å²) in [5.41, 5.74) is 3.63. The number of nitrogens with zero attached hydrogens (tertiary/aromatic N) is 1. The number of furan rings is 1. The maximum Gasteiger partial charge on any atom is 0.254 e. The number of aliphatic hydroxyl groups excluding tert-OH is 1. The molecule has 0 aliphatic carbocycles. The van der Waals surface area contributed by atoms with Gasteiger partial charge in [-0.3, -0.25) is 15.0 Å². The van der Waals surface area contributed by atoms with Crippen LogP contribution in [0.4, 0.5) is 0 Å². The fourth-order valence-corrected chi connectivity index (χ4v) is 4.42. The molecule has 3 N–H and O–H groups in total. The zero-order chi connectivity index (χ0) is 25.5. The van der Waals surface area contributed by atoms with Crippen molar-refractivity contribution in [2.24, 2.45) is 0 Å². The van der Waals surface area contributed by atoms with E-state index in [4.69, 9.17) is 14.6 Å². The van der Waals surface area contributed by atoms with Crippen molar-refractivity contribution in [3.05, 3.63) is 63.9 Å². The van der Waals surface area contributed by atoms with Gasteiger partial charge >= 0.3 is 0 Å². The number of ketones is 1. The second-order valence-electron chi connectivity index (χ2n) is 9.71. The lowest BCUT2D eigenvalue weighted by molar-refractivity contribution is 0.0953. The molecule has 0 saturated carbocycles. The quantitative estimate of drug-likeness (QED) is 0.443. The van der Waals surface area contributed by atoms with Gasteiger partial charge in [-0.1, -0.05) is 20.8 Å². The number of benzene rings is 2. The molecule has 2 heterocycles. The number of ether oxygens (including phenoxy) is 1. The predicted molar refractivity (Wildman–Crippen MR) is 133 cm³/mol. The van der Waals surface area contributed by atoms with E-state index in [9.17, 15) is 14.7 Å². The molecule has 0 bridgehead atoms. The van der Waals surface area contributed by atoms with Crippen LogP contribution in [0.25, 0.3) is 11.0 Å². The van der Waals surface area contributed by atoms with Gasteiger partial charge in [0.1, 0.15) is 29.5 Å². The number of rotatable bonds is 7. The van der Waals surface area contributed by atoms with Crippen molar-refractivity contribution < 1.29 is 23.8 Å². The van der Waals surface area contributed by atoms with Gasteiger partial charge in [-0.05, 0) is 48.2 Å². The average molecular weight is 478 g/mol. The van der Waals surface area contributed by atoms with Crippen molar-refractivity contribution in [1.29, 1.82) is 5.41 Å². The summed E-state index contributed by atoms with van der Waals surface area (Å²) in [5.74, 6) is 0.696. The molecule has 4 rings (SSSR count). The molecule has 1 aromatic heterocycles. The first kappa shape index (κ1) is 24.5. The molecule has 8 nitrogen and oxygen atoms in total. The van der Waals surface area contributed by atoms with E-state index >= 15 is 0 Å². The zero-order valence-electron chi connectivity index (χ0n) is 20.7. The first-order valence-corrected chi connectivity index (χ1v) is 11.6.